The van der Waals surface area contributed by atoms with Crippen molar-refractivity contribution < 1.29 is 18.4 Å². The number of fused-ring (bicyclic) bond motifs is 1. The highest BCUT2D eigenvalue weighted by molar-refractivity contribution is 8.13. The third-order valence-electron chi connectivity index (χ3n) is 3.91. The molecular formula is C15H13F2N3O2S. The second kappa shape index (κ2) is 5.84. The second-order valence-corrected chi connectivity index (χ2v) is 6.12. The number of thioether (sulfide) groups is 1. The first-order valence-electron chi connectivity index (χ1n) is 6.88. The smallest absolute Gasteiger partial charge is 0.259 e. The first kappa shape index (κ1) is 15.8. The predicted octanol–water partition coefficient (Wildman–Crippen LogP) is 2.18. The summed E-state index contributed by atoms with van der Waals surface area (Å²) in [7, 11) is 1.66. The Bertz CT molecular complexity index is 743. The number of rotatable bonds is 1. The summed E-state index contributed by atoms with van der Waals surface area (Å²) in [6.07, 6.45) is 1.67. The molecule has 5 nitrogen and oxygen atoms in total. The average Bonchev–Trinajstić information content (AvgIpc) is 2.49. The summed E-state index contributed by atoms with van der Waals surface area (Å²) >= 11 is 1.26. The van der Waals surface area contributed by atoms with Crippen LogP contribution in [0.2, 0.25) is 0 Å². The van der Waals surface area contributed by atoms with E-state index in [-0.39, 0.29) is 17.8 Å². The molecule has 2 aliphatic rings. The average molecular weight is 337 g/mol. The molecule has 0 fully saturated rings. The maximum absolute atomic E-state index is 13.5. The highest BCUT2D eigenvalue weighted by atomic mass is 32.2. The Morgan fingerprint density at radius 2 is 1.83 bits per heavy atom. The predicted molar refractivity (Wildman–Crippen MR) is 83.4 cm³/mol. The molecule has 2 atom stereocenters. The zero-order valence-corrected chi connectivity index (χ0v) is 13.2. The molecule has 2 aliphatic heterocycles. The molecule has 2 amide bonds. The van der Waals surface area contributed by atoms with Crippen molar-refractivity contribution in [2.75, 3.05) is 13.3 Å². The van der Waals surface area contributed by atoms with Gasteiger partial charge in [-0.25, -0.2) is 8.78 Å². The van der Waals surface area contributed by atoms with Crippen LogP contribution in [-0.2, 0) is 9.59 Å². The molecule has 0 saturated carbocycles. The Morgan fingerprint density at radius 1 is 1.17 bits per heavy atom. The van der Waals surface area contributed by atoms with Gasteiger partial charge in [0.1, 0.15) is 23.4 Å². The molecule has 0 spiro atoms. The Hall–Kier alpha value is -2.09. The van der Waals surface area contributed by atoms with Gasteiger partial charge in [-0.1, -0.05) is 11.8 Å². The number of benzene rings is 1. The number of aliphatic imine (C=N–C) groups is 2. The number of amidine groups is 2. The highest BCUT2D eigenvalue weighted by Crippen LogP contribution is 2.37. The van der Waals surface area contributed by atoms with E-state index in [4.69, 9.17) is 0 Å². The Labute approximate surface area is 135 Å². The molecular weight excluding hydrogens is 324 g/mol. The van der Waals surface area contributed by atoms with E-state index in [1.165, 1.54) is 11.8 Å². The number of amides is 2. The second-order valence-electron chi connectivity index (χ2n) is 5.35. The fourth-order valence-corrected chi connectivity index (χ4v) is 3.46. The normalized spacial score (nSPS) is 24.3. The van der Waals surface area contributed by atoms with E-state index >= 15 is 0 Å². The van der Waals surface area contributed by atoms with Crippen LogP contribution in [-0.4, -0.2) is 41.0 Å². The molecule has 8 heteroatoms. The summed E-state index contributed by atoms with van der Waals surface area (Å²) in [5.74, 6) is -3.58. The van der Waals surface area contributed by atoms with Gasteiger partial charge in [0.15, 0.2) is 5.17 Å². The minimum Gasteiger partial charge on any atom is -0.311 e. The van der Waals surface area contributed by atoms with Crippen molar-refractivity contribution >= 4 is 34.6 Å². The standard InChI is InChI=1S/C15H13F2N3O2S/c1-20-13-12(14(22)19-15(20)23-2)10(6-11(21)18-13)7-3-8(16)5-9(17)4-7/h3-5,10,12H,6H2,1-2H3. The van der Waals surface area contributed by atoms with E-state index in [9.17, 15) is 18.4 Å². The van der Waals surface area contributed by atoms with Crippen LogP contribution in [0.5, 0.6) is 0 Å². The first-order chi connectivity index (χ1) is 10.9. The van der Waals surface area contributed by atoms with Crippen LogP contribution >= 0.6 is 11.8 Å². The number of hydrogen-bond acceptors (Lipinski definition) is 4. The van der Waals surface area contributed by atoms with Gasteiger partial charge in [0.05, 0.1) is 0 Å². The van der Waals surface area contributed by atoms with Gasteiger partial charge in [-0.3, -0.25) is 9.59 Å². The summed E-state index contributed by atoms with van der Waals surface area (Å²) < 4.78 is 27.0. The van der Waals surface area contributed by atoms with Gasteiger partial charge < -0.3 is 4.90 Å². The Morgan fingerprint density at radius 3 is 2.43 bits per heavy atom. The number of halogens is 2. The Balaban J connectivity index is 2.10. The molecule has 0 bridgehead atoms. The highest BCUT2D eigenvalue weighted by Gasteiger charge is 2.44. The molecule has 23 heavy (non-hydrogen) atoms. The lowest BCUT2D eigenvalue weighted by Crippen LogP contribution is -2.49. The third-order valence-corrected chi connectivity index (χ3v) is 4.64. The van der Waals surface area contributed by atoms with Crippen molar-refractivity contribution in [3.8, 4) is 0 Å². The molecule has 120 valence electrons. The van der Waals surface area contributed by atoms with Gasteiger partial charge in [0.2, 0.25) is 5.91 Å². The van der Waals surface area contributed by atoms with Gasteiger partial charge in [0.25, 0.3) is 5.91 Å². The molecule has 0 aliphatic carbocycles. The lowest BCUT2D eigenvalue weighted by molar-refractivity contribution is -0.122. The molecule has 0 saturated heterocycles. The van der Waals surface area contributed by atoms with Crippen molar-refractivity contribution in [2.24, 2.45) is 15.9 Å². The molecule has 3 rings (SSSR count). The van der Waals surface area contributed by atoms with E-state index in [1.54, 1.807) is 18.2 Å². The SMILES string of the molecule is CSC1=NC(=O)C2C(=NC(=O)CC2c2cc(F)cc(F)c2)N1C. The summed E-state index contributed by atoms with van der Waals surface area (Å²) in [5.41, 5.74) is 0.262. The van der Waals surface area contributed by atoms with Gasteiger partial charge in [0, 0.05) is 25.5 Å². The van der Waals surface area contributed by atoms with Crippen molar-refractivity contribution in [2.45, 2.75) is 12.3 Å². The summed E-state index contributed by atoms with van der Waals surface area (Å²) in [4.78, 5) is 33.9. The molecule has 1 aromatic rings. The van der Waals surface area contributed by atoms with Crippen molar-refractivity contribution in [1.82, 2.24) is 4.90 Å². The minimum absolute atomic E-state index is 0.0826. The fourth-order valence-electron chi connectivity index (χ4n) is 2.91. The van der Waals surface area contributed by atoms with Crippen LogP contribution in [0, 0.1) is 17.6 Å². The van der Waals surface area contributed by atoms with E-state index in [0.29, 0.717) is 5.17 Å². The van der Waals surface area contributed by atoms with Gasteiger partial charge in [-0.15, -0.1) is 0 Å². The van der Waals surface area contributed by atoms with Gasteiger partial charge in [-0.05, 0) is 24.0 Å². The van der Waals surface area contributed by atoms with Crippen molar-refractivity contribution in [3.05, 3.63) is 35.4 Å². The van der Waals surface area contributed by atoms with E-state index in [0.717, 1.165) is 18.2 Å². The van der Waals surface area contributed by atoms with Crippen molar-refractivity contribution in [3.63, 3.8) is 0 Å². The summed E-state index contributed by atoms with van der Waals surface area (Å²) in [6, 6.07) is 3.04. The van der Waals surface area contributed by atoms with Crippen LogP contribution in [0.3, 0.4) is 0 Å². The van der Waals surface area contributed by atoms with Crippen molar-refractivity contribution in [1.29, 1.82) is 0 Å². The third kappa shape index (κ3) is 2.78. The van der Waals surface area contributed by atoms with Crippen LogP contribution in [0.1, 0.15) is 17.9 Å². The number of carbonyl (C=O) groups is 2. The zero-order valence-electron chi connectivity index (χ0n) is 12.4. The summed E-state index contributed by atoms with van der Waals surface area (Å²) in [5, 5.41) is 0.434. The monoisotopic (exact) mass is 337 g/mol. The fraction of sp³-hybridized carbons (Fsp3) is 0.333. The van der Waals surface area contributed by atoms with Crippen LogP contribution in [0.4, 0.5) is 8.78 Å². The number of carbonyl (C=O) groups excluding carboxylic acids is 2. The van der Waals surface area contributed by atoms with Crippen LogP contribution in [0.15, 0.2) is 28.2 Å². The Kier molecular flexibility index (Phi) is 4.01. The maximum atomic E-state index is 13.5. The molecule has 1 aromatic carbocycles. The largest absolute Gasteiger partial charge is 0.311 e. The maximum Gasteiger partial charge on any atom is 0.259 e. The lowest BCUT2D eigenvalue weighted by Gasteiger charge is -2.36. The first-order valence-corrected chi connectivity index (χ1v) is 8.11. The number of nitrogens with zero attached hydrogens (tertiary/aromatic N) is 3. The number of hydrogen-bond donors (Lipinski definition) is 0. The topological polar surface area (TPSA) is 62.1 Å². The van der Waals surface area contributed by atoms with Crippen LogP contribution < -0.4 is 0 Å². The molecule has 2 heterocycles. The quantitative estimate of drug-likeness (QED) is 0.788. The molecule has 0 N–H and O–H groups in total. The van der Waals surface area contributed by atoms with E-state index in [1.807, 2.05) is 0 Å². The molecule has 0 aromatic heterocycles. The molecule has 2 unspecified atom stereocenters. The minimum atomic E-state index is -0.810. The van der Waals surface area contributed by atoms with Gasteiger partial charge >= 0.3 is 0 Å². The summed E-state index contributed by atoms with van der Waals surface area (Å²) in [6.45, 7) is 0. The molecule has 0 radical (unpaired) electrons. The zero-order chi connectivity index (χ0) is 16.7. The van der Waals surface area contributed by atoms with E-state index in [2.05, 4.69) is 9.98 Å². The van der Waals surface area contributed by atoms with E-state index < -0.39 is 35.3 Å². The van der Waals surface area contributed by atoms with Gasteiger partial charge in [-0.2, -0.15) is 9.98 Å². The lowest BCUT2D eigenvalue weighted by atomic mass is 9.79. The van der Waals surface area contributed by atoms with Crippen LogP contribution in [0.25, 0.3) is 0 Å².